The van der Waals surface area contributed by atoms with Gasteiger partial charge in [-0.05, 0) is 18.2 Å². The Bertz CT molecular complexity index is 326. The molecule has 13 heavy (non-hydrogen) atoms. The lowest BCUT2D eigenvalue weighted by atomic mass is 10.3. The van der Waals surface area contributed by atoms with E-state index < -0.39 is 0 Å². The first kappa shape index (κ1) is 7.67. The van der Waals surface area contributed by atoms with Crippen LogP contribution in [-0.4, -0.2) is 15.0 Å². The fourth-order valence-corrected chi connectivity index (χ4v) is 0.826. The molecular formula is C9H6N3O. The van der Waals surface area contributed by atoms with Crippen LogP contribution in [0.15, 0.2) is 36.9 Å². The second-order valence-corrected chi connectivity index (χ2v) is 2.26. The zero-order valence-corrected chi connectivity index (χ0v) is 6.71. The van der Waals surface area contributed by atoms with E-state index in [-0.39, 0.29) is 0 Å². The van der Waals surface area contributed by atoms with Gasteiger partial charge in [0.1, 0.15) is 18.4 Å². The van der Waals surface area contributed by atoms with Crippen molar-refractivity contribution >= 4 is 0 Å². The maximum atomic E-state index is 5.30. The normalized spacial score (nSPS) is 9.54. The van der Waals surface area contributed by atoms with Gasteiger partial charge in [-0.3, -0.25) is 0 Å². The fourth-order valence-electron chi connectivity index (χ4n) is 0.826. The van der Waals surface area contributed by atoms with Crippen LogP contribution in [0.3, 0.4) is 0 Å². The third kappa shape index (κ3) is 1.99. The van der Waals surface area contributed by atoms with E-state index in [4.69, 9.17) is 4.74 Å². The Labute approximate surface area is 75.3 Å². The lowest BCUT2D eigenvalue weighted by molar-refractivity contribution is 0.439. The van der Waals surface area contributed by atoms with Gasteiger partial charge in [-0.1, -0.05) is 12.1 Å². The Balaban J connectivity index is 2.16. The van der Waals surface area contributed by atoms with E-state index in [0.717, 1.165) is 0 Å². The molecule has 0 aliphatic heterocycles. The first-order valence-corrected chi connectivity index (χ1v) is 3.71. The van der Waals surface area contributed by atoms with Gasteiger partial charge in [0.2, 0.25) is 0 Å². The number of rotatable bonds is 2. The molecule has 0 atom stereocenters. The minimum atomic E-state index is 0.293. The summed E-state index contributed by atoms with van der Waals surface area (Å²) in [7, 11) is 0. The minimum Gasteiger partial charge on any atom is -0.424 e. The molecule has 0 aliphatic rings. The van der Waals surface area contributed by atoms with Crippen molar-refractivity contribution in [3.05, 3.63) is 43.0 Å². The van der Waals surface area contributed by atoms with Gasteiger partial charge < -0.3 is 4.74 Å². The Morgan fingerprint density at radius 2 is 1.77 bits per heavy atom. The summed E-state index contributed by atoms with van der Waals surface area (Å²) < 4.78 is 5.30. The Morgan fingerprint density at radius 1 is 1.08 bits per heavy atom. The minimum absolute atomic E-state index is 0.293. The van der Waals surface area contributed by atoms with Crippen molar-refractivity contribution in [3.63, 3.8) is 0 Å². The molecule has 0 amide bonds. The van der Waals surface area contributed by atoms with Crippen molar-refractivity contribution in [3.8, 4) is 11.8 Å². The van der Waals surface area contributed by atoms with Crippen LogP contribution in [0.5, 0.6) is 11.8 Å². The van der Waals surface area contributed by atoms with E-state index in [1.54, 1.807) is 24.3 Å². The molecule has 1 heterocycles. The monoisotopic (exact) mass is 172 g/mol. The SMILES string of the molecule is [c]1ccc(Oc2ncncn2)cc1. The zero-order valence-electron chi connectivity index (χ0n) is 6.71. The van der Waals surface area contributed by atoms with Gasteiger partial charge in [0.05, 0.1) is 0 Å². The summed E-state index contributed by atoms with van der Waals surface area (Å²) >= 11 is 0. The first-order valence-electron chi connectivity index (χ1n) is 3.71. The largest absolute Gasteiger partial charge is 0.424 e. The molecule has 1 aromatic heterocycles. The smallest absolute Gasteiger partial charge is 0.324 e. The third-order valence-electron chi connectivity index (χ3n) is 1.37. The lowest BCUT2D eigenvalue weighted by Crippen LogP contribution is -1.90. The van der Waals surface area contributed by atoms with Crippen LogP contribution in [0.25, 0.3) is 0 Å². The summed E-state index contributed by atoms with van der Waals surface area (Å²) in [5, 5.41) is 0. The van der Waals surface area contributed by atoms with Gasteiger partial charge in [-0.25, -0.2) is 4.98 Å². The van der Waals surface area contributed by atoms with Crippen LogP contribution in [0.2, 0.25) is 0 Å². The Morgan fingerprint density at radius 3 is 2.46 bits per heavy atom. The molecule has 1 aromatic carbocycles. The molecule has 1 radical (unpaired) electrons. The summed E-state index contributed by atoms with van der Waals surface area (Å²) in [6, 6.07) is 10.3. The number of hydrogen-bond donors (Lipinski definition) is 0. The van der Waals surface area contributed by atoms with Gasteiger partial charge in [-0.2, -0.15) is 9.97 Å². The molecule has 4 heteroatoms. The predicted molar refractivity (Wildman–Crippen MR) is 45.2 cm³/mol. The molecule has 0 saturated heterocycles. The Kier molecular flexibility index (Phi) is 2.14. The van der Waals surface area contributed by atoms with E-state index in [1.807, 2.05) is 0 Å². The second-order valence-electron chi connectivity index (χ2n) is 2.26. The second kappa shape index (κ2) is 3.62. The van der Waals surface area contributed by atoms with Crippen LogP contribution < -0.4 is 4.74 Å². The highest BCUT2D eigenvalue weighted by Gasteiger charge is 1.96. The summed E-state index contributed by atoms with van der Waals surface area (Å²) in [6.07, 6.45) is 2.77. The van der Waals surface area contributed by atoms with Gasteiger partial charge in [0, 0.05) is 0 Å². The van der Waals surface area contributed by atoms with E-state index >= 15 is 0 Å². The molecule has 0 fully saturated rings. The highest BCUT2D eigenvalue weighted by atomic mass is 16.5. The molecule has 2 aromatic rings. The average Bonchev–Trinajstić information content (AvgIpc) is 2.21. The van der Waals surface area contributed by atoms with Gasteiger partial charge in [0.15, 0.2) is 0 Å². The molecule has 0 bridgehead atoms. The zero-order chi connectivity index (χ0) is 8.93. The highest BCUT2D eigenvalue weighted by molar-refractivity contribution is 5.23. The molecule has 0 aliphatic carbocycles. The fraction of sp³-hybridized carbons (Fsp3) is 0. The topological polar surface area (TPSA) is 47.9 Å². The summed E-state index contributed by atoms with van der Waals surface area (Å²) in [5.41, 5.74) is 0. The molecule has 63 valence electrons. The molecule has 4 nitrogen and oxygen atoms in total. The molecule has 0 spiro atoms. The van der Waals surface area contributed by atoms with Crippen molar-refractivity contribution in [2.75, 3.05) is 0 Å². The standard InChI is InChI=1S/C9H6N3O/c1-2-4-8(5-3-1)13-9-11-6-10-7-12-9/h2-7H. The van der Waals surface area contributed by atoms with E-state index in [0.29, 0.717) is 11.8 Å². The van der Waals surface area contributed by atoms with Crippen molar-refractivity contribution in [1.29, 1.82) is 0 Å². The van der Waals surface area contributed by atoms with Crippen LogP contribution in [0.1, 0.15) is 0 Å². The van der Waals surface area contributed by atoms with E-state index in [9.17, 15) is 0 Å². The molecule has 0 N–H and O–H groups in total. The number of hydrogen-bond acceptors (Lipinski definition) is 4. The highest BCUT2D eigenvalue weighted by Crippen LogP contribution is 2.14. The molecular weight excluding hydrogens is 166 g/mol. The maximum Gasteiger partial charge on any atom is 0.324 e. The van der Waals surface area contributed by atoms with Gasteiger partial charge in [0.25, 0.3) is 0 Å². The van der Waals surface area contributed by atoms with Crippen LogP contribution in [0.4, 0.5) is 0 Å². The average molecular weight is 172 g/mol. The van der Waals surface area contributed by atoms with E-state index in [1.165, 1.54) is 12.7 Å². The van der Waals surface area contributed by atoms with Gasteiger partial charge in [-0.15, -0.1) is 0 Å². The Hall–Kier alpha value is -1.97. The van der Waals surface area contributed by atoms with Crippen molar-refractivity contribution in [2.24, 2.45) is 0 Å². The number of ether oxygens (including phenoxy) is 1. The lowest BCUT2D eigenvalue weighted by Gasteiger charge is -2.00. The molecule has 2 rings (SSSR count). The van der Waals surface area contributed by atoms with Gasteiger partial charge >= 0.3 is 6.01 Å². The van der Waals surface area contributed by atoms with Crippen LogP contribution in [-0.2, 0) is 0 Å². The van der Waals surface area contributed by atoms with Crippen LogP contribution in [0, 0.1) is 6.07 Å². The van der Waals surface area contributed by atoms with Crippen molar-refractivity contribution < 1.29 is 4.74 Å². The number of aromatic nitrogens is 3. The van der Waals surface area contributed by atoms with Crippen molar-refractivity contribution in [2.45, 2.75) is 0 Å². The summed E-state index contributed by atoms with van der Waals surface area (Å²) in [4.78, 5) is 11.3. The predicted octanol–water partition coefficient (Wildman–Crippen LogP) is 1.46. The third-order valence-corrected chi connectivity index (χ3v) is 1.37. The molecule has 0 saturated carbocycles. The van der Waals surface area contributed by atoms with Crippen molar-refractivity contribution in [1.82, 2.24) is 15.0 Å². The number of benzene rings is 1. The first-order chi connectivity index (χ1) is 6.45. The van der Waals surface area contributed by atoms with Crippen LogP contribution >= 0.6 is 0 Å². The summed E-state index contributed by atoms with van der Waals surface area (Å²) in [6.45, 7) is 0. The maximum absolute atomic E-state index is 5.30. The molecule has 0 unspecified atom stereocenters. The van der Waals surface area contributed by atoms with E-state index in [2.05, 4.69) is 21.0 Å². The summed E-state index contributed by atoms with van der Waals surface area (Å²) in [5.74, 6) is 0.685. The number of nitrogens with zero attached hydrogens (tertiary/aromatic N) is 3. The quantitative estimate of drug-likeness (QED) is 0.688.